The maximum absolute atomic E-state index is 12.4. The molecule has 23 heavy (non-hydrogen) atoms. The molecule has 0 saturated carbocycles. The summed E-state index contributed by atoms with van der Waals surface area (Å²) in [6.07, 6.45) is 0.263. The van der Waals surface area contributed by atoms with E-state index in [0.717, 1.165) is 0 Å². The van der Waals surface area contributed by atoms with Crippen molar-refractivity contribution in [3.05, 3.63) is 29.8 Å². The number of nitrogens with one attached hydrogen (secondary N) is 1. The van der Waals surface area contributed by atoms with Crippen molar-refractivity contribution in [2.75, 3.05) is 25.5 Å². The van der Waals surface area contributed by atoms with E-state index in [1.807, 2.05) is 0 Å². The average Bonchev–Trinajstić information content (AvgIpc) is 2.54. The highest BCUT2D eigenvalue weighted by Crippen LogP contribution is 2.24. The van der Waals surface area contributed by atoms with Crippen LogP contribution in [0.4, 0.5) is 10.5 Å². The van der Waals surface area contributed by atoms with Crippen molar-refractivity contribution in [3.8, 4) is 0 Å². The third-order valence-electron chi connectivity index (χ3n) is 3.84. The second-order valence-corrected chi connectivity index (χ2v) is 5.38. The summed E-state index contributed by atoms with van der Waals surface area (Å²) in [5, 5.41) is 12.6. The van der Waals surface area contributed by atoms with Gasteiger partial charge in [0.2, 0.25) is 0 Å². The predicted molar refractivity (Wildman–Crippen MR) is 81.8 cm³/mol. The molecule has 0 unspecified atom stereocenters. The highest BCUT2D eigenvalue weighted by atomic mass is 16.5. The number of carbonyl (C=O) groups is 3. The standard InChI is InChI=1S/C15H19N3O5/c1-23-13(20)15(22)6-8-18(9-7-15)12(19)10-2-4-11(5-3-10)17-14(16)21/h2-5,22H,6-9H2,1H3,(H3,16,17,21). The number of aliphatic hydroxyl groups is 1. The summed E-state index contributed by atoms with van der Waals surface area (Å²) in [5.41, 5.74) is 4.43. The Bertz CT molecular complexity index is 606. The average molecular weight is 321 g/mol. The van der Waals surface area contributed by atoms with E-state index >= 15 is 0 Å². The molecule has 0 atom stereocenters. The molecule has 0 radical (unpaired) electrons. The number of rotatable bonds is 3. The van der Waals surface area contributed by atoms with Crippen LogP contribution in [0, 0.1) is 0 Å². The van der Waals surface area contributed by atoms with Crippen molar-refractivity contribution in [2.45, 2.75) is 18.4 Å². The highest BCUT2D eigenvalue weighted by Gasteiger charge is 2.41. The van der Waals surface area contributed by atoms with Gasteiger partial charge in [0.05, 0.1) is 7.11 Å². The van der Waals surface area contributed by atoms with Crippen molar-refractivity contribution in [1.29, 1.82) is 0 Å². The van der Waals surface area contributed by atoms with Crippen LogP contribution >= 0.6 is 0 Å². The van der Waals surface area contributed by atoms with E-state index in [4.69, 9.17) is 5.73 Å². The molecule has 3 amide bonds. The first-order chi connectivity index (χ1) is 10.9. The molecular formula is C15H19N3O5. The first-order valence-corrected chi connectivity index (χ1v) is 7.12. The minimum atomic E-state index is -1.53. The summed E-state index contributed by atoms with van der Waals surface area (Å²) < 4.78 is 4.58. The number of anilines is 1. The maximum Gasteiger partial charge on any atom is 0.337 e. The summed E-state index contributed by atoms with van der Waals surface area (Å²) in [7, 11) is 1.22. The van der Waals surface area contributed by atoms with Gasteiger partial charge < -0.3 is 25.8 Å². The van der Waals surface area contributed by atoms with Crippen LogP contribution in [-0.2, 0) is 9.53 Å². The number of primary amides is 1. The van der Waals surface area contributed by atoms with Crippen LogP contribution in [-0.4, -0.2) is 53.7 Å². The fourth-order valence-corrected chi connectivity index (χ4v) is 2.49. The number of ether oxygens (including phenoxy) is 1. The molecule has 0 aromatic heterocycles. The van der Waals surface area contributed by atoms with E-state index in [1.54, 1.807) is 29.2 Å². The van der Waals surface area contributed by atoms with Gasteiger partial charge in [0, 0.05) is 37.2 Å². The molecule has 1 aliphatic heterocycles. The van der Waals surface area contributed by atoms with Crippen LogP contribution < -0.4 is 11.1 Å². The van der Waals surface area contributed by atoms with Crippen LogP contribution in [0.2, 0.25) is 0 Å². The van der Waals surface area contributed by atoms with Gasteiger partial charge in [0.25, 0.3) is 5.91 Å². The summed E-state index contributed by atoms with van der Waals surface area (Å²) in [5.74, 6) is -0.881. The normalized spacial score (nSPS) is 16.5. The lowest BCUT2D eigenvalue weighted by atomic mass is 9.91. The topological polar surface area (TPSA) is 122 Å². The molecule has 0 aliphatic carbocycles. The van der Waals surface area contributed by atoms with E-state index in [1.165, 1.54) is 7.11 Å². The zero-order valence-corrected chi connectivity index (χ0v) is 12.7. The van der Waals surface area contributed by atoms with Crippen LogP contribution in [0.25, 0.3) is 0 Å². The minimum absolute atomic E-state index is 0.132. The van der Waals surface area contributed by atoms with Crippen molar-refractivity contribution in [2.24, 2.45) is 5.73 Å². The molecule has 124 valence electrons. The van der Waals surface area contributed by atoms with Crippen molar-refractivity contribution in [1.82, 2.24) is 4.90 Å². The highest BCUT2D eigenvalue weighted by molar-refractivity contribution is 5.95. The van der Waals surface area contributed by atoms with Crippen molar-refractivity contribution >= 4 is 23.6 Å². The number of carbonyl (C=O) groups excluding carboxylic acids is 3. The lowest BCUT2D eigenvalue weighted by Gasteiger charge is -2.36. The van der Waals surface area contributed by atoms with Crippen molar-refractivity contribution in [3.63, 3.8) is 0 Å². The number of methoxy groups -OCH3 is 1. The molecule has 8 heteroatoms. The van der Waals surface area contributed by atoms with E-state index < -0.39 is 17.6 Å². The Morgan fingerprint density at radius 3 is 2.26 bits per heavy atom. The third-order valence-corrected chi connectivity index (χ3v) is 3.84. The third kappa shape index (κ3) is 3.78. The largest absolute Gasteiger partial charge is 0.467 e. The van der Waals surface area contributed by atoms with E-state index in [9.17, 15) is 19.5 Å². The van der Waals surface area contributed by atoms with Crippen LogP contribution in [0.1, 0.15) is 23.2 Å². The SMILES string of the molecule is COC(=O)C1(O)CCN(C(=O)c2ccc(NC(N)=O)cc2)CC1. The molecule has 1 aliphatic rings. The van der Waals surface area contributed by atoms with Crippen LogP contribution in [0.15, 0.2) is 24.3 Å². The Hall–Kier alpha value is -2.61. The van der Waals surface area contributed by atoms with Gasteiger partial charge in [-0.05, 0) is 24.3 Å². The monoisotopic (exact) mass is 321 g/mol. The maximum atomic E-state index is 12.4. The molecular weight excluding hydrogens is 302 g/mol. The van der Waals surface area contributed by atoms with Gasteiger partial charge in [-0.15, -0.1) is 0 Å². The second kappa shape index (κ2) is 6.66. The summed E-state index contributed by atoms with van der Waals surface area (Å²) in [6.45, 7) is 0.511. The first kappa shape index (κ1) is 16.8. The number of nitrogens with zero attached hydrogens (tertiary/aromatic N) is 1. The van der Waals surface area contributed by atoms with E-state index in [0.29, 0.717) is 11.3 Å². The quantitative estimate of drug-likeness (QED) is 0.692. The number of piperidine rings is 1. The Balaban J connectivity index is 1.99. The Morgan fingerprint density at radius 1 is 1.22 bits per heavy atom. The van der Waals surface area contributed by atoms with E-state index in [-0.39, 0.29) is 31.8 Å². The Kier molecular flexibility index (Phi) is 4.85. The summed E-state index contributed by atoms with van der Waals surface area (Å²) in [6, 6.07) is 5.63. The summed E-state index contributed by atoms with van der Waals surface area (Å²) >= 11 is 0. The molecule has 1 heterocycles. The number of hydrogen-bond acceptors (Lipinski definition) is 5. The number of hydrogen-bond donors (Lipinski definition) is 3. The number of esters is 1. The molecule has 1 aromatic rings. The molecule has 1 aromatic carbocycles. The second-order valence-electron chi connectivity index (χ2n) is 5.38. The zero-order valence-electron chi connectivity index (χ0n) is 12.7. The number of benzene rings is 1. The van der Waals surface area contributed by atoms with Gasteiger partial charge >= 0.3 is 12.0 Å². The lowest BCUT2D eigenvalue weighted by Crippen LogP contribution is -2.51. The van der Waals surface area contributed by atoms with Gasteiger partial charge in [0.1, 0.15) is 0 Å². The molecule has 1 saturated heterocycles. The number of amides is 3. The van der Waals surface area contributed by atoms with Gasteiger partial charge in [-0.2, -0.15) is 0 Å². The fourth-order valence-electron chi connectivity index (χ4n) is 2.49. The van der Waals surface area contributed by atoms with Gasteiger partial charge in [-0.25, -0.2) is 9.59 Å². The van der Waals surface area contributed by atoms with Gasteiger partial charge in [-0.3, -0.25) is 4.79 Å². The molecule has 2 rings (SSSR count). The first-order valence-electron chi connectivity index (χ1n) is 7.12. The number of urea groups is 1. The summed E-state index contributed by atoms with van der Waals surface area (Å²) in [4.78, 5) is 36.3. The van der Waals surface area contributed by atoms with Gasteiger partial charge in [-0.1, -0.05) is 0 Å². The number of nitrogens with two attached hydrogens (primary N) is 1. The molecule has 1 fully saturated rings. The van der Waals surface area contributed by atoms with Crippen LogP contribution in [0.5, 0.6) is 0 Å². The van der Waals surface area contributed by atoms with E-state index in [2.05, 4.69) is 10.1 Å². The predicted octanol–water partition coefficient (Wildman–Crippen LogP) is 0.317. The van der Waals surface area contributed by atoms with Crippen molar-refractivity contribution < 1.29 is 24.2 Å². The fraction of sp³-hybridized carbons (Fsp3) is 0.400. The minimum Gasteiger partial charge on any atom is -0.467 e. The van der Waals surface area contributed by atoms with Gasteiger partial charge in [0.15, 0.2) is 5.60 Å². The van der Waals surface area contributed by atoms with Crippen LogP contribution in [0.3, 0.4) is 0 Å². The number of likely N-dealkylation sites (tertiary alicyclic amines) is 1. The Labute approximate surface area is 133 Å². The zero-order chi connectivity index (χ0) is 17.0. The molecule has 0 spiro atoms. The molecule has 8 nitrogen and oxygen atoms in total. The Morgan fingerprint density at radius 2 is 1.78 bits per heavy atom. The molecule has 4 N–H and O–H groups in total. The molecule has 0 bridgehead atoms. The lowest BCUT2D eigenvalue weighted by molar-refractivity contribution is -0.166. The smallest absolute Gasteiger partial charge is 0.337 e.